The van der Waals surface area contributed by atoms with Gasteiger partial charge in [-0.2, -0.15) is 0 Å². The van der Waals surface area contributed by atoms with Crippen molar-refractivity contribution < 1.29 is 4.39 Å². The maximum atomic E-state index is 13.6. The summed E-state index contributed by atoms with van der Waals surface area (Å²) in [5, 5.41) is 0. The molecule has 0 bridgehead atoms. The van der Waals surface area contributed by atoms with Gasteiger partial charge in [-0.25, -0.2) is 4.39 Å². The second-order valence-corrected chi connectivity index (χ2v) is 6.46. The van der Waals surface area contributed by atoms with Crippen molar-refractivity contribution in [2.75, 3.05) is 19.6 Å². The fraction of sp³-hybridized carbons (Fsp3) is 0.647. The number of hydrogen-bond donors (Lipinski definition) is 0. The number of aryl methyl sites for hydroxylation is 1. The lowest BCUT2D eigenvalue weighted by Gasteiger charge is -2.34. The van der Waals surface area contributed by atoms with E-state index < -0.39 is 5.67 Å². The van der Waals surface area contributed by atoms with Gasteiger partial charge in [-0.15, -0.1) is 0 Å². The normalized spacial score (nSPS) is 18.7. The fourth-order valence-electron chi connectivity index (χ4n) is 2.98. The van der Waals surface area contributed by atoms with Crippen molar-refractivity contribution in [1.29, 1.82) is 0 Å². The van der Waals surface area contributed by atoms with E-state index in [9.17, 15) is 4.39 Å². The number of benzene rings is 1. The van der Waals surface area contributed by atoms with Crippen molar-refractivity contribution in [3.8, 4) is 0 Å². The summed E-state index contributed by atoms with van der Waals surface area (Å²) in [6.45, 7) is 6.06. The largest absolute Gasteiger partial charge is 0.300 e. The predicted molar refractivity (Wildman–Crippen MR) is 79.1 cm³/mol. The molecule has 1 aliphatic rings. The molecule has 0 unspecified atom stereocenters. The zero-order chi connectivity index (χ0) is 13.7. The Kier molecular flexibility index (Phi) is 4.98. The van der Waals surface area contributed by atoms with Gasteiger partial charge in [0.25, 0.3) is 0 Å². The molecule has 0 saturated carbocycles. The summed E-state index contributed by atoms with van der Waals surface area (Å²) in [5.74, 6) is 0.819. The minimum Gasteiger partial charge on any atom is -0.300 e. The summed E-state index contributed by atoms with van der Waals surface area (Å²) in [6, 6.07) is 10.7. The van der Waals surface area contributed by atoms with Crippen LogP contribution in [0.15, 0.2) is 30.3 Å². The smallest absolute Gasteiger partial charge is 0.118 e. The lowest BCUT2D eigenvalue weighted by molar-refractivity contribution is 0.0943. The maximum Gasteiger partial charge on any atom is 0.118 e. The predicted octanol–water partition coefficient (Wildman–Crippen LogP) is 4.08. The van der Waals surface area contributed by atoms with E-state index in [0.29, 0.717) is 6.54 Å². The molecule has 1 nitrogen and oxygen atoms in total. The number of rotatable bonds is 5. The third-order valence-electron chi connectivity index (χ3n) is 3.99. The molecular weight excluding hydrogens is 237 g/mol. The molecule has 1 aliphatic heterocycles. The Morgan fingerprint density at radius 3 is 2.37 bits per heavy atom. The van der Waals surface area contributed by atoms with E-state index in [4.69, 9.17) is 0 Å². The number of hydrogen-bond acceptors (Lipinski definition) is 1. The molecule has 2 rings (SSSR count). The summed E-state index contributed by atoms with van der Waals surface area (Å²) in [6.07, 6.45) is 4.91. The third kappa shape index (κ3) is 5.32. The first kappa shape index (κ1) is 14.5. The van der Waals surface area contributed by atoms with Crippen LogP contribution in [0.1, 0.15) is 38.7 Å². The molecule has 1 aromatic rings. The van der Waals surface area contributed by atoms with Crippen LogP contribution < -0.4 is 0 Å². The van der Waals surface area contributed by atoms with Gasteiger partial charge in [0.15, 0.2) is 0 Å². The van der Waals surface area contributed by atoms with Crippen LogP contribution in [-0.2, 0) is 6.42 Å². The Morgan fingerprint density at radius 2 is 1.79 bits per heavy atom. The van der Waals surface area contributed by atoms with E-state index in [0.717, 1.165) is 19.0 Å². The summed E-state index contributed by atoms with van der Waals surface area (Å²) >= 11 is 0. The van der Waals surface area contributed by atoms with Crippen LogP contribution in [0, 0.1) is 5.92 Å². The minimum absolute atomic E-state index is 0.582. The molecule has 0 amide bonds. The molecule has 106 valence electrons. The van der Waals surface area contributed by atoms with Crippen molar-refractivity contribution in [3.63, 3.8) is 0 Å². The molecule has 0 atom stereocenters. The van der Waals surface area contributed by atoms with Crippen molar-refractivity contribution in [2.24, 2.45) is 5.92 Å². The van der Waals surface area contributed by atoms with Crippen molar-refractivity contribution >= 4 is 0 Å². The minimum atomic E-state index is -1.06. The Balaban J connectivity index is 1.69. The van der Waals surface area contributed by atoms with Gasteiger partial charge in [0, 0.05) is 6.54 Å². The monoisotopic (exact) mass is 263 g/mol. The summed E-state index contributed by atoms with van der Waals surface area (Å²) in [5.41, 5.74) is 0.381. The Morgan fingerprint density at radius 1 is 1.16 bits per heavy atom. The van der Waals surface area contributed by atoms with E-state index in [1.54, 1.807) is 13.8 Å². The molecule has 0 N–H and O–H groups in total. The second kappa shape index (κ2) is 6.51. The van der Waals surface area contributed by atoms with Crippen molar-refractivity contribution in [2.45, 2.75) is 45.2 Å². The van der Waals surface area contributed by atoms with Crippen LogP contribution in [0.5, 0.6) is 0 Å². The average molecular weight is 263 g/mol. The first-order valence-electron chi connectivity index (χ1n) is 7.48. The fourth-order valence-corrected chi connectivity index (χ4v) is 2.98. The lowest BCUT2D eigenvalue weighted by Crippen LogP contribution is -2.41. The van der Waals surface area contributed by atoms with Crippen molar-refractivity contribution in [1.82, 2.24) is 4.90 Å². The van der Waals surface area contributed by atoms with E-state index in [1.165, 1.54) is 31.2 Å². The highest BCUT2D eigenvalue weighted by molar-refractivity contribution is 5.14. The summed E-state index contributed by atoms with van der Waals surface area (Å²) < 4.78 is 13.6. The van der Waals surface area contributed by atoms with Crippen LogP contribution in [-0.4, -0.2) is 30.2 Å². The van der Waals surface area contributed by atoms with E-state index in [2.05, 4.69) is 35.2 Å². The van der Waals surface area contributed by atoms with Gasteiger partial charge in [-0.1, -0.05) is 30.3 Å². The molecule has 1 heterocycles. The number of piperidine rings is 1. The van der Waals surface area contributed by atoms with E-state index in [1.807, 2.05) is 0 Å². The van der Waals surface area contributed by atoms with Gasteiger partial charge >= 0.3 is 0 Å². The maximum absolute atomic E-state index is 13.6. The summed E-state index contributed by atoms with van der Waals surface area (Å²) in [4.78, 5) is 2.28. The van der Waals surface area contributed by atoms with Gasteiger partial charge in [0.05, 0.1) is 0 Å². The average Bonchev–Trinajstić information content (AvgIpc) is 2.37. The molecule has 1 saturated heterocycles. The molecule has 1 aromatic carbocycles. The molecule has 0 aliphatic carbocycles. The molecular formula is C17H26FN. The van der Waals surface area contributed by atoms with Gasteiger partial charge in [0.1, 0.15) is 5.67 Å². The topological polar surface area (TPSA) is 3.24 Å². The number of halogens is 1. The number of likely N-dealkylation sites (tertiary alicyclic amines) is 1. The zero-order valence-corrected chi connectivity index (χ0v) is 12.2. The number of alkyl halides is 1. The molecule has 1 fully saturated rings. The molecule has 19 heavy (non-hydrogen) atoms. The van der Waals surface area contributed by atoms with Crippen LogP contribution in [0.3, 0.4) is 0 Å². The van der Waals surface area contributed by atoms with Gasteiger partial charge < -0.3 is 4.90 Å². The molecule has 0 radical (unpaired) electrons. The molecule has 0 aromatic heterocycles. The molecule has 2 heteroatoms. The quantitative estimate of drug-likeness (QED) is 0.773. The Hall–Kier alpha value is -0.890. The standard InChI is InChI=1S/C17H26FN/c1-17(2,18)14-19-12-10-16(11-13-19)9-8-15-6-4-3-5-7-15/h3-7,16H,8-14H2,1-2H3. The van der Waals surface area contributed by atoms with Crippen LogP contribution in [0.2, 0.25) is 0 Å². The Labute approximate surface area is 116 Å². The first-order chi connectivity index (χ1) is 9.03. The second-order valence-electron chi connectivity index (χ2n) is 6.46. The first-order valence-corrected chi connectivity index (χ1v) is 7.48. The SMILES string of the molecule is CC(C)(F)CN1CCC(CCc2ccccc2)CC1. The molecule has 0 spiro atoms. The van der Waals surface area contributed by atoms with Crippen LogP contribution in [0.4, 0.5) is 4.39 Å². The van der Waals surface area contributed by atoms with E-state index >= 15 is 0 Å². The highest BCUT2D eigenvalue weighted by atomic mass is 19.1. The highest BCUT2D eigenvalue weighted by Crippen LogP contribution is 2.24. The highest BCUT2D eigenvalue weighted by Gasteiger charge is 2.24. The Bertz CT molecular complexity index is 361. The lowest BCUT2D eigenvalue weighted by atomic mass is 9.90. The zero-order valence-electron chi connectivity index (χ0n) is 12.2. The van der Waals surface area contributed by atoms with Crippen LogP contribution in [0.25, 0.3) is 0 Å². The third-order valence-corrected chi connectivity index (χ3v) is 3.99. The van der Waals surface area contributed by atoms with Crippen molar-refractivity contribution in [3.05, 3.63) is 35.9 Å². The van der Waals surface area contributed by atoms with Gasteiger partial charge in [0.2, 0.25) is 0 Å². The van der Waals surface area contributed by atoms with Crippen LogP contribution >= 0.6 is 0 Å². The van der Waals surface area contributed by atoms with Gasteiger partial charge in [-0.3, -0.25) is 0 Å². The van der Waals surface area contributed by atoms with Gasteiger partial charge in [-0.05, 0) is 64.1 Å². The number of nitrogens with zero attached hydrogens (tertiary/aromatic N) is 1. The summed E-state index contributed by atoms with van der Waals surface area (Å²) in [7, 11) is 0. The van der Waals surface area contributed by atoms with E-state index in [-0.39, 0.29) is 0 Å².